The van der Waals surface area contributed by atoms with Crippen molar-refractivity contribution in [2.75, 3.05) is 24.8 Å². The largest absolute Gasteiger partial charge is 0.497 e. The molecule has 0 aliphatic carbocycles. The maximum atomic E-state index is 12.1. The number of methoxy groups -OCH3 is 1. The van der Waals surface area contributed by atoms with Gasteiger partial charge in [-0.05, 0) is 30.3 Å². The maximum absolute atomic E-state index is 12.1. The Morgan fingerprint density at radius 2 is 2.12 bits per heavy atom. The Kier molecular flexibility index (Phi) is 6.87. The van der Waals surface area contributed by atoms with Gasteiger partial charge >= 0.3 is 0 Å². The Balaban J connectivity index is 2.00. The monoisotopic (exact) mass is 356 g/mol. The van der Waals surface area contributed by atoms with Gasteiger partial charge in [0.2, 0.25) is 0 Å². The molecule has 6 nitrogen and oxygen atoms in total. The molecule has 0 heterocycles. The quantitative estimate of drug-likeness (QED) is 0.577. The summed E-state index contributed by atoms with van der Waals surface area (Å²) in [4.78, 5) is 24.0. The molecule has 0 aromatic heterocycles. The van der Waals surface area contributed by atoms with Crippen molar-refractivity contribution in [1.82, 2.24) is 0 Å². The summed E-state index contributed by atoms with van der Waals surface area (Å²) in [6, 6.07) is 14.0. The molecule has 0 unspecified atom stereocenters. The summed E-state index contributed by atoms with van der Waals surface area (Å²) in [5.74, 6) is 0.760. The van der Waals surface area contributed by atoms with Crippen LogP contribution in [0.2, 0.25) is 0 Å². The predicted octanol–water partition coefficient (Wildman–Crippen LogP) is 3.14. The van der Waals surface area contributed by atoms with Gasteiger partial charge in [-0.2, -0.15) is 5.26 Å². The van der Waals surface area contributed by atoms with Gasteiger partial charge < -0.3 is 14.8 Å². The molecule has 2 aromatic carbocycles. The SMILES string of the molecule is COc1ccc(OCC(=O)Nc2ccccc2SCC#N)c(C=O)c1. The van der Waals surface area contributed by atoms with E-state index in [9.17, 15) is 9.59 Å². The fourth-order valence-corrected chi connectivity index (χ4v) is 2.68. The second-order valence-electron chi connectivity index (χ2n) is 4.80. The van der Waals surface area contributed by atoms with Crippen molar-refractivity contribution in [3.8, 4) is 17.6 Å². The zero-order valence-corrected chi connectivity index (χ0v) is 14.3. The summed E-state index contributed by atoms with van der Waals surface area (Å²) >= 11 is 1.34. The first-order valence-electron chi connectivity index (χ1n) is 7.32. The molecule has 0 aliphatic heterocycles. The predicted molar refractivity (Wildman–Crippen MR) is 95.3 cm³/mol. The number of rotatable bonds is 8. The fourth-order valence-electron chi connectivity index (χ4n) is 2.01. The summed E-state index contributed by atoms with van der Waals surface area (Å²) in [7, 11) is 1.50. The van der Waals surface area contributed by atoms with Crippen LogP contribution in [0.15, 0.2) is 47.4 Å². The van der Waals surface area contributed by atoms with E-state index in [4.69, 9.17) is 14.7 Å². The van der Waals surface area contributed by atoms with E-state index in [1.807, 2.05) is 18.2 Å². The van der Waals surface area contributed by atoms with Crippen LogP contribution in [0.1, 0.15) is 10.4 Å². The van der Waals surface area contributed by atoms with Crippen molar-refractivity contribution in [2.45, 2.75) is 4.90 Å². The minimum absolute atomic E-state index is 0.246. The van der Waals surface area contributed by atoms with Crippen LogP contribution in [-0.4, -0.2) is 31.7 Å². The Morgan fingerprint density at radius 1 is 1.32 bits per heavy atom. The second-order valence-corrected chi connectivity index (χ2v) is 5.82. The number of para-hydroxylation sites is 1. The van der Waals surface area contributed by atoms with Gasteiger partial charge in [0.25, 0.3) is 5.91 Å². The standard InChI is InChI=1S/C18H16N2O4S/c1-23-14-6-7-16(13(10-14)11-21)24-12-18(22)20-15-4-2-3-5-17(15)25-9-8-19/h2-7,10-11H,9,12H2,1H3,(H,20,22). The first kappa shape index (κ1) is 18.4. The number of amides is 1. The first-order valence-corrected chi connectivity index (χ1v) is 8.31. The van der Waals surface area contributed by atoms with Crippen molar-refractivity contribution in [2.24, 2.45) is 0 Å². The van der Waals surface area contributed by atoms with E-state index < -0.39 is 0 Å². The second kappa shape index (κ2) is 9.35. The summed E-state index contributed by atoms with van der Waals surface area (Å²) in [6.07, 6.45) is 0.642. The molecule has 0 saturated carbocycles. The van der Waals surface area contributed by atoms with Gasteiger partial charge in [-0.25, -0.2) is 0 Å². The van der Waals surface area contributed by atoms with Crippen LogP contribution >= 0.6 is 11.8 Å². The highest BCUT2D eigenvalue weighted by Crippen LogP contribution is 2.27. The van der Waals surface area contributed by atoms with Crippen LogP contribution in [0.25, 0.3) is 0 Å². The molecule has 0 atom stereocenters. The Bertz CT molecular complexity index is 802. The topological polar surface area (TPSA) is 88.4 Å². The number of hydrogen-bond donors (Lipinski definition) is 1. The molecule has 1 N–H and O–H groups in total. The van der Waals surface area contributed by atoms with Crippen molar-refractivity contribution in [3.63, 3.8) is 0 Å². The molecular weight excluding hydrogens is 340 g/mol. The van der Waals surface area contributed by atoms with Gasteiger partial charge in [0.15, 0.2) is 12.9 Å². The molecule has 2 rings (SSSR count). The van der Waals surface area contributed by atoms with Crippen molar-refractivity contribution >= 4 is 29.6 Å². The Labute approximate surface area is 149 Å². The highest BCUT2D eigenvalue weighted by atomic mass is 32.2. The van der Waals surface area contributed by atoms with Gasteiger partial charge in [-0.3, -0.25) is 9.59 Å². The molecule has 128 valence electrons. The summed E-state index contributed by atoms with van der Waals surface area (Å²) in [6.45, 7) is -0.246. The van der Waals surface area contributed by atoms with Crippen LogP contribution in [-0.2, 0) is 4.79 Å². The van der Waals surface area contributed by atoms with Crippen molar-refractivity contribution in [3.05, 3.63) is 48.0 Å². The van der Waals surface area contributed by atoms with E-state index in [0.717, 1.165) is 4.90 Å². The van der Waals surface area contributed by atoms with Gasteiger partial charge in [-0.15, -0.1) is 11.8 Å². The average Bonchev–Trinajstić information content (AvgIpc) is 2.65. The minimum atomic E-state index is -0.363. The van der Waals surface area contributed by atoms with E-state index in [0.29, 0.717) is 29.0 Å². The van der Waals surface area contributed by atoms with E-state index in [1.54, 1.807) is 24.3 Å². The lowest BCUT2D eigenvalue weighted by Gasteiger charge is -2.12. The third-order valence-electron chi connectivity index (χ3n) is 3.16. The molecule has 25 heavy (non-hydrogen) atoms. The number of aldehydes is 1. The molecule has 0 spiro atoms. The third kappa shape index (κ3) is 5.26. The highest BCUT2D eigenvalue weighted by Gasteiger charge is 2.10. The number of thioether (sulfide) groups is 1. The zero-order valence-electron chi connectivity index (χ0n) is 13.5. The summed E-state index contributed by atoms with van der Waals surface area (Å²) in [5.41, 5.74) is 0.916. The van der Waals surface area contributed by atoms with Crippen LogP contribution in [0.5, 0.6) is 11.5 Å². The fraction of sp³-hybridized carbons (Fsp3) is 0.167. The van der Waals surface area contributed by atoms with Gasteiger partial charge in [0, 0.05) is 4.90 Å². The molecule has 0 radical (unpaired) electrons. The number of ether oxygens (including phenoxy) is 2. The van der Waals surface area contributed by atoms with Crippen LogP contribution in [0.4, 0.5) is 5.69 Å². The summed E-state index contributed by atoms with van der Waals surface area (Å²) < 4.78 is 10.5. The zero-order chi connectivity index (χ0) is 18.1. The van der Waals surface area contributed by atoms with Crippen LogP contribution in [0, 0.1) is 11.3 Å². The number of carbonyl (C=O) groups is 2. The van der Waals surface area contributed by atoms with Gasteiger partial charge in [0.1, 0.15) is 11.5 Å². The number of nitrogens with one attached hydrogen (secondary N) is 1. The first-order chi connectivity index (χ1) is 12.2. The van der Waals surface area contributed by atoms with Gasteiger partial charge in [-0.1, -0.05) is 12.1 Å². The number of benzene rings is 2. The Hall–Kier alpha value is -2.98. The molecular formula is C18H16N2O4S. The molecule has 0 bridgehead atoms. The lowest BCUT2D eigenvalue weighted by molar-refractivity contribution is -0.118. The smallest absolute Gasteiger partial charge is 0.262 e. The molecule has 2 aromatic rings. The number of anilines is 1. The maximum Gasteiger partial charge on any atom is 0.262 e. The van der Waals surface area contributed by atoms with Crippen LogP contribution < -0.4 is 14.8 Å². The molecule has 0 fully saturated rings. The van der Waals surface area contributed by atoms with Crippen LogP contribution in [0.3, 0.4) is 0 Å². The van der Waals surface area contributed by atoms with E-state index in [-0.39, 0.29) is 18.3 Å². The number of nitrogens with zero attached hydrogens (tertiary/aromatic N) is 1. The highest BCUT2D eigenvalue weighted by molar-refractivity contribution is 7.99. The van der Waals surface area contributed by atoms with Crippen molar-refractivity contribution < 1.29 is 19.1 Å². The minimum Gasteiger partial charge on any atom is -0.497 e. The third-order valence-corrected chi connectivity index (χ3v) is 4.10. The van der Waals surface area contributed by atoms with E-state index in [1.165, 1.54) is 24.9 Å². The number of hydrogen-bond acceptors (Lipinski definition) is 6. The molecule has 1 amide bonds. The average molecular weight is 356 g/mol. The Morgan fingerprint density at radius 3 is 2.84 bits per heavy atom. The molecule has 0 saturated heterocycles. The number of carbonyl (C=O) groups excluding carboxylic acids is 2. The lowest BCUT2D eigenvalue weighted by Crippen LogP contribution is -2.20. The number of nitriles is 1. The normalized spacial score (nSPS) is 9.76. The van der Waals surface area contributed by atoms with E-state index >= 15 is 0 Å². The van der Waals surface area contributed by atoms with Crippen molar-refractivity contribution in [1.29, 1.82) is 5.26 Å². The lowest BCUT2D eigenvalue weighted by atomic mass is 10.2. The molecule has 0 aliphatic rings. The van der Waals surface area contributed by atoms with E-state index in [2.05, 4.69) is 5.32 Å². The van der Waals surface area contributed by atoms with Gasteiger partial charge in [0.05, 0.1) is 30.2 Å². The summed E-state index contributed by atoms with van der Waals surface area (Å²) in [5, 5.41) is 11.4. The molecule has 7 heteroatoms.